The summed E-state index contributed by atoms with van der Waals surface area (Å²) in [6.45, 7) is 0.0725. The van der Waals surface area contributed by atoms with Crippen LogP contribution in [-0.4, -0.2) is 17.0 Å². The number of carboxylic acids is 1. The normalized spacial score (nSPS) is 10.8. The second-order valence-electron chi connectivity index (χ2n) is 6.46. The smallest absolute Gasteiger partial charge is 0.335 e. The number of carboxylic acid groups (broad SMARTS) is 1. The van der Waals surface area contributed by atoms with Crippen LogP contribution in [0.3, 0.4) is 0 Å². The Balaban J connectivity index is 1.67. The van der Waals surface area contributed by atoms with Crippen molar-refractivity contribution in [2.45, 2.75) is 6.61 Å². The average Bonchev–Trinajstić information content (AvgIpc) is 2.78. The topological polar surface area (TPSA) is 99.4 Å². The monoisotopic (exact) mass is 416 g/mol. The van der Waals surface area contributed by atoms with Crippen LogP contribution in [0, 0.1) is 17.1 Å². The molecule has 0 bridgehead atoms. The fourth-order valence-corrected chi connectivity index (χ4v) is 2.68. The van der Waals surface area contributed by atoms with Crippen LogP contribution in [0.4, 0.5) is 10.1 Å². The fourth-order valence-electron chi connectivity index (χ4n) is 2.68. The van der Waals surface area contributed by atoms with Gasteiger partial charge in [-0.25, -0.2) is 9.18 Å². The van der Waals surface area contributed by atoms with E-state index in [1.165, 1.54) is 36.4 Å². The Morgan fingerprint density at radius 3 is 2.48 bits per heavy atom. The first kappa shape index (κ1) is 21.3. The van der Waals surface area contributed by atoms with Crippen LogP contribution in [0.15, 0.2) is 78.4 Å². The summed E-state index contributed by atoms with van der Waals surface area (Å²) in [5, 5.41) is 20.9. The van der Waals surface area contributed by atoms with Crippen LogP contribution < -0.4 is 10.1 Å². The first-order chi connectivity index (χ1) is 15.0. The van der Waals surface area contributed by atoms with Crippen LogP contribution >= 0.6 is 0 Å². The Morgan fingerprint density at radius 2 is 1.81 bits per heavy atom. The zero-order chi connectivity index (χ0) is 22.2. The molecule has 2 N–H and O–H groups in total. The van der Waals surface area contributed by atoms with Gasteiger partial charge in [-0.05, 0) is 48.0 Å². The predicted molar refractivity (Wildman–Crippen MR) is 113 cm³/mol. The van der Waals surface area contributed by atoms with Gasteiger partial charge in [-0.3, -0.25) is 4.79 Å². The molecule has 3 aromatic rings. The van der Waals surface area contributed by atoms with Gasteiger partial charge >= 0.3 is 5.97 Å². The average molecular weight is 416 g/mol. The molecule has 0 spiro atoms. The second kappa shape index (κ2) is 9.85. The van der Waals surface area contributed by atoms with Gasteiger partial charge in [-0.15, -0.1) is 0 Å². The van der Waals surface area contributed by atoms with Crippen molar-refractivity contribution >= 4 is 23.6 Å². The maximum absolute atomic E-state index is 13.6. The molecule has 31 heavy (non-hydrogen) atoms. The summed E-state index contributed by atoms with van der Waals surface area (Å²) < 4.78 is 19.2. The van der Waals surface area contributed by atoms with E-state index in [4.69, 9.17) is 9.84 Å². The summed E-state index contributed by atoms with van der Waals surface area (Å²) in [6, 6.07) is 20.5. The molecule has 0 aromatic heterocycles. The highest BCUT2D eigenvalue weighted by Gasteiger charge is 2.11. The summed E-state index contributed by atoms with van der Waals surface area (Å²) in [7, 11) is 0. The number of carbonyl (C=O) groups is 2. The predicted octanol–water partition coefficient (Wildman–Crippen LogP) is 4.65. The standard InChI is InChI=1S/C24H17FN2O4/c25-22-7-2-1-4-18(22)15-31-21-10-8-16(9-11-21)12-19(14-26)23(28)27-20-6-3-5-17(13-20)24(29)30/h1-13H,15H2,(H,27,28)(H,29,30). The van der Waals surface area contributed by atoms with Crippen molar-refractivity contribution in [1.29, 1.82) is 5.26 Å². The van der Waals surface area contributed by atoms with Gasteiger partial charge in [0.05, 0.1) is 5.56 Å². The van der Waals surface area contributed by atoms with Gasteiger partial charge in [0, 0.05) is 11.3 Å². The molecule has 0 aliphatic heterocycles. The number of rotatable bonds is 7. The van der Waals surface area contributed by atoms with Crippen LogP contribution in [0.2, 0.25) is 0 Å². The van der Waals surface area contributed by atoms with Gasteiger partial charge in [0.2, 0.25) is 0 Å². The number of carbonyl (C=O) groups excluding carboxylic acids is 1. The van der Waals surface area contributed by atoms with Crippen LogP contribution in [0.1, 0.15) is 21.5 Å². The van der Waals surface area contributed by atoms with Crippen LogP contribution in [-0.2, 0) is 11.4 Å². The third-order valence-electron chi connectivity index (χ3n) is 4.28. The molecule has 0 aliphatic rings. The van der Waals surface area contributed by atoms with Crippen molar-refractivity contribution < 1.29 is 23.8 Å². The van der Waals surface area contributed by atoms with Crippen LogP contribution in [0.25, 0.3) is 6.08 Å². The molecule has 0 saturated carbocycles. The minimum Gasteiger partial charge on any atom is -0.489 e. The summed E-state index contributed by atoms with van der Waals surface area (Å²) in [5.41, 5.74) is 1.15. The molecule has 3 rings (SSSR count). The van der Waals surface area contributed by atoms with Gasteiger partial charge in [-0.2, -0.15) is 5.26 Å². The van der Waals surface area contributed by atoms with E-state index in [0.29, 0.717) is 16.9 Å². The van der Waals surface area contributed by atoms with E-state index >= 15 is 0 Å². The minimum absolute atomic E-state index is 0.0197. The molecule has 6 nitrogen and oxygen atoms in total. The molecular weight excluding hydrogens is 399 g/mol. The van der Waals surface area contributed by atoms with Gasteiger partial charge in [0.25, 0.3) is 5.91 Å². The van der Waals surface area contributed by atoms with E-state index in [1.54, 1.807) is 42.5 Å². The van der Waals surface area contributed by atoms with Crippen LogP contribution in [0.5, 0.6) is 5.75 Å². The van der Waals surface area contributed by atoms with Crippen molar-refractivity contribution in [2.24, 2.45) is 0 Å². The number of nitrogens with zero attached hydrogens (tertiary/aromatic N) is 1. The first-order valence-electron chi connectivity index (χ1n) is 9.19. The van der Waals surface area contributed by atoms with Crippen molar-refractivity contribution in [3.63, 3.8) is 0 Å². The lowest BCUT2D eigenvalue weighted by Gasteiger charge is -2.08. The van der Waals surface area contributed by atoms with Gasteiger partial charge < -0.3 is 15.2 Å². The lowest BCUT2D eigenvalue weighted by atomic mass is 10.1. The lowest BCUT2D eigenvalue weighted by molar-refractivity contribution is -0.112. The Kier molecular flexibility index (Phi) is 6.76. The summed E-state index contributed by atoms with van der Waals surface area (Å²) in [5.74, 6) is -1.62. The number of amides is 1. The molecular formula is C24H17FN2O4. The summed E-state index contributed by atoms with van der Waals surface area (Å²) >= 11 is 0. The zero-order valence-corrected chi connectivity index (χ0v) is 16.2. The number of anilines is 1. The number of hydrogen-bond donors (Lipinski definition) is 2. The Bertz CT molecular complexity index is 1180. The molecule has 0 heterocycles. The zero-order valence-electron chi connectivity index (χ0n) is 16.2. The summed E-state index contributed by atoms with van der Waals surface area (Å²) in [6.07, 6.45) is 1.40. The Labute approximate surface area is 177 Å². The molecule has 154 valence electrons. The third-order valence-corrected chi connectivity index (χ3v) is 4.28. The molecule has 3 aromatic carbocycles. The van der Waals surface area contributed by atoms with Gasteiger partial charge in [0.15, 0.2) is 0 Å². The number of ether oxygens (including phenoxy) is 1. The highest BCUT2D eigenvalue weighted by atomic mass is 19.1. The number of benzene rings is 3. The lowest BCUT2D eigenvalue weighted by Crippen LogP contribution is -2.13. The van der Waals surface area contributed by atoms with E-state index in [9.17, 15) is 19.2 Å². The number of aromatic carboxylic acids is 1. The quantitative estimate of drug-likeness (QED) is 0.431. The number of halogens is 1. The highest BCUT2D eigenvalue weighted by molar-refractivity contribution is 6.10. The molecule has 0 unspecified atom stereocenters. The van der Waals surface area contributed by atoms with Crippen molar-refractivity contribution in [3.8, 4) is 11.8 Å². The van der Waals surface area contributed by atoms with E-state index in [-0.39, 0.29) is 29.2 Å². The molecule has 0 aliphatic carbocycles. The number of nitriles is 1. The molecule has 0 radical (unpaired) electrons. The van der Waals surface area contributed by atoms with Gasteiger partial charge in [0.1, 0.15) is 29.8 Å². The minimum atomic E-state index is -1.12. The van der Waals surface area contributed by atoms with E-state index in [2.05, 4.69) is 5.32 Å². The molecule has 0 fully saturated rings. The number of hydrogen-bond acceptors (Lipinski definition) is 4. The molecule has 0 atom stereocenters. The number of nitrogens with one attached hydrogen (secondary N) is 1. The van der Waals surface area contributed by atoms with Crippen molar-refractivity contribution in [1.82, 2.24) is 0 Å². The highest BCUT2D eigenvalue weighted by Crippen LogP contribution is 2.18. The fraction of sp³-hybridized carbons (Fsp3) is 0.0417. The molecule has 7 heteroatoms. The van der Waals surface area contributed by atoms with E-state index in [1.807, 2.05) is 6.07 Å². The molecule has 0 saturated heterocycles. The first-order valence-corrected chi connectivity index (χ1v) is 9.19. The van der Waals surface area contributed by atoms with E-state index < -0.39 is 11.9 Å². The van der Waals surface area contributed by atoms with Crippen molar-refractivity contribution in [3.05, 3.63) is 101 Å². The van der Waals surface area contributed by atoms with Gasteiger partial charge in [-0.1, -0.05) is 36.4 Å². The Hall–Kier alpha value is -4.44. The largest absolute Gasteiger partial charge is 0.489 e. The Morgan fingerprint density at radius 1 is 1.06 bits per heavy atom. The summed E-state index contributed by atoms with van der Waals surface area (Å²) in [4.78, 5) is 23.4. The molecule has 1 amide bonds. The SMILES string of the molecule is N#CC(=Cc1ccc(OCc2ccccc2F)cc1)C(=O)Nc1cccc(C(=O)O)c1. The third kappa shape index (κ3) is 5.78. The second-order valence-corrected chi connectivity index (χ2v) is 6.46. The maximum atomic E-state index is 13.6. The maximum Gasteiger partial charge on any atom is 0.335 e. The van der Waals surface area contributed by atoms with Crippen molar-refractivity contribution in [2.75, 3.05) is 5.32 Å². The van der Waals surface area contributed by atoms with E-state index in [0.717, 1.165) is 0 Å².